The van der Waals surface area contributed by atoms with Crippen molar-refractivity contribution in [1.29, 1.82) is 0 Å². The Morgan fingerprint density at radius 1 is 0.367 bits per heavy atom. The zero-order valence-corrected chi connectivity index (χ0v) is 41.1. The van der Waals surface area contributed by atoms with Crippen LogP contribution in [0.2, 0.25) is 0 Å². The summed E-state index contributed by atoms with van der Waals surface area (Å²) in [7, 11) is 4.10. The molecule has 356 valence electrons. The fourth-order valence-corrected chi connectivity index (χ4v) is 8.56. The Bertz CT molecular complexity index is 860. The minimum atomic E-state index is -0.0193. The van der Waals surface area contributed by atoms with Crippen LogP contribution in [-0.2, 0) is 28.6 Å². The van der Waals surface area contributed by atoms with Crippen LogP contribution in [0.25, 0.3) is 0 Å². The molecule has 0 fully saturated rings. The highest BCUT2D eigenvalue weighted by Crippen LogP contribution is 2.24. The lowest BCUT2D eigenvalue weighted by Crippen LogP contribution is -2.21. The normalized spacial score (nSPS) is 11.7. The Hall–Kier alpha value is -1.63. The number of unbranched alkanes of at least 4 members (excludes halogenated alkanes) is 20. The van der Waals surface area contributed by atoms with Gasteiger partial charge in [0, 0.05) is 19.4 Å². The summed E-state index contributed by atoms with van der Waals surface area (Å²) in [6.07, 6.45) is 41.9. The zero-order valence-electron chi connectivity index (χ0n) is 41.1. The average Bonchev–Trinajstić information content (AvgIpc) is 3.23. The highest BCUT2D eigenvalue weighted by Gasteiger charge is 2.19. The summed E-state index contributed by atoms with van der Waals surface area (Å²) in [4.78, 5) is 39.9. The number of carbonyl (C=O) groups excluding carboxylic acids is 3. The first-order valence-corrected chi connectivity index (χ1v) is 26.4. The topological polar surface area (TPSA) is 82.1 Å². The number of rotatable bonds is 47. The molecule has 0 aliphatic heterocycles. The predicted octanol–water partition coefficient (Wildman–Crippen LogP) is 15.5. The molecule has 0 bridgehead atoms. The van der Waals surface area contributed by atoms with Gasteiger partial charge in [0.1, 0.15) is 0 Å². The maximum atomic E-state index is 13.1. The summed E-state index contributed by atoms with van der Waals surface area (Å²) < 4.78 is 17.0. The minimum absolute atomic E-state index is 0.000424. The molecular weight excluding hydrogens is 747 g/mol. The van der Waals surface area contributed by atoms with Crippen molar-refractivity contribution < 1.29 is 28.6 Å². The molecule has 0 saturated heterocycles. The SMILES string of the molecule is CCCCCC(CCCCC)CCOC(=O)CCCCCCCCCC(CCCCCCCCCC(=O)OCCC(CCCCC)CCCCC)C(=O)OCCCN(C)C. The van der Waals surface area contributed by atoms with Gasteiger partial charge in [-0.25, -0.2) is 0 Å². The molecular formula is C53H103NO6. The Labute approximate surface area is 373 Å². The van der Waals surface area contributed by atoms with E-state index in [-0.39, 0.29) is 23.8 Å². The first-order valence-electron chi connectivity index (χ1n) is 26.4. The van der Waals surface area contributed by atoms with Crippen LogP contribution in [0.5, 0.6) is 0 Å². The monoisotopic (exact) mass is 850 g/mol. The van der Waals surface area contributed by atoms with Crippen LogP contribution in [0.15, 0.2) is 0 Å². The molecule has 0 spiro atoms. The number of ether oxygens (including phenoxy) is 3. The van der Waals surface area contributed by atoms with E-state index in [9.17, 15) is 14.4 Å². The van der Waals surface area contributed by atoms with Crippen molar-refractivity contribution in [2.24, 2.45) is 17.8 Å². The van der Waals surface area contributed by atoms with Crippen LogP contribution in [0, 0.1) is 17.8 Å². The molecule has 0 aromatic heterocycles. The van der Waals surface area contributed by atoms with Gasteiger partial charge < -0.3 is 19.1 Å². The van der Waals surface area contributed by atoms with E-state index >= 15 is 0 Å². The van der Waals surface area contributed by atoms with Gasteiger partial charge in [0.2, 0.25) is 0 Å². The van der Waals surface area contributed by atoms with Crippen molar-refractivity contribution in [2.75, 3.05) is 40.5 Å². The van der Waals surface area contributed by atoms with Gasteiger partial charge in [-0.2, -0.15) is 0 Å². The third-order valence-electron chi connectivity index (χ3n) is 12.6. The Kier molecular flexibility index (Phi) is 44.2. The molecule has 0 rings (SSSR count). The van der Waals surface area contributed by atoms with Crippen LogP contribution in [0.4, 0.5) is 0 Å². The maximum absolute atomic E-state index is 13.1. The smallest absolute Gasteiger partial charge is 0.308 e. The molecule has 0 radical (unpaired) electrons. The standard InChI is InChI=1S/C53H103NO6/c1-7-11-25-34-48(35-26-12-8-2)42-46-58-51(55)40-31-23-19-15-17-21-29-38-50(53(57)60-45-33-44-54(5)6)39-30-22-18-16-20-24-32-41-52(56)59-47-43-49(36-27-13-9-3)37-28-14-10-4/h48-50H,7-47H2,1-6H3. The van der Waals surface area contributed by atoms with Crippen LogP contribution >= 0.6 is 0 Å². The number of hydrogen-bond donors (Lipinski definition) is 0. The Morgan fingerprint density at radius 3 is 1.05 bits per heavy atom. The highest BCUT2D eigenvalue weighted by atomic mass is 16.5. The number of carbonyl (C=O) groups is 3. The molecule has 0 saturated carbocycles. The van der Waals surface area contributed by atoms with Gasteiger partial charge in [-0.1, -0.05) is 207 Å². The van der Waals surface area contributed by atoms with Gasteiger partial charge in [0.05, 0.1) is 25.7 Å². The number of esters is 3. The second-order valence-electron chi connectivity index (χ2n) is 18.8. The van der Waals surface area contributed by atoms with E-state index in [1.807, 2.05) is 0 Å². The Balaban J connectivity index is 4.23. The second kappa shape index (κ2) is 45.4. The summed E-state index contributed by atoms with van der Waals surface area (Å²) in [6, 6.07) is 0. The lowest BCUT2D eigenvalue weighted by molar-refractivity contribution is -0.149. The summed E-state index contributed by atoms with van der Waals surface area (Å²) in [5.41, 5.74) is 0. The minimum Gasteiger partial charge on any atom is -0.466 e. The summed E-state index contributed by atoms with van der Waals surface area (Å²) in [6.45, 7) is 11.7. The molecule has 60 heavy (non-hydrogen) atoms. The van der Waals surface area contributed by atoms with Crippen LogP contribution in [-0.4, -0.2) is 63.3 Å². The fourth-order valence-electron chi connectivity index (χ4n) is 8.56. The van der Waals surface area contributed by atoms with E-state index < -0.39 is 0 Å². The van der Waals surface area contributed by atoms with Gasteiger partial charge in [-0.3, -0.25) is 14.4 Å². The number of hydrogen-bond acceptors (Lipinski definition) is 7. The first-order chi connectivity index (χ1) is 29.3. The summed E-state index contributed by atoms with van der Waals surface area (Å²) in [5, 5.41) is 0. The fraction of sp³-hybridized carbons (Fsp3) is 0.943. The molecule has 0 aromatic carbocycles. The van der Waals surface area contributed by atoms with E-state index in [1.165, 1.54) is 128 Å². The lowest BCUT2D eigenvalue weighted by atomic mass is 9.92. The first kappa shape index (κ1) is 58.4. The quantitative estimate of drug-likeness (QED) is 0.0343. The molecule has 0 N–H and O–H groups in total. The van der Waals surface area contributed by atoms with E-state index in [2.05, 4.69) is 46.7 Å². The van der Waals surface area contributed by atoms with Crippen molar-refractivity contribution >= 4 is 17.9 Å². The van der Waals surface area contributed by atoms with Gasteiger partial charge in [-0.05, 0) is 70.9 Å². The molecule has 0 heterocycles. The van der Waals surface area contributed by atoms with Crippen molar-refractivity contribution in [3.05, 3.63) is 0 Å². The summed E-state index contributed by atoms with van der Waals surface area (Å²) in [5.74, 6) is 1.37. The molecule has 0 unspecified atom stereocenters. The summed E-state index contributed by atoms with van der Waals surface area (Å²) >= 11 is 0. The highest BCUT2D eigenvalue weighted by molar-refractivity contribution is 5.72. The molecule has 7 heteroatoms. The largest absolute Gasteiger partial charge is 0.466 e. The lowest BCUT2D eigenvalue weighted by Gasteiger charge is -2.17. The van der Waals surface area contributed by atoms with Crippen molar-refractivity contribution in [3.63, 3.8) is 0 Å². The van der Waals surface area contributed by atoms with Gasteiger partial charge >= 0.3 is 17.9 Å². The molecule has 0 amide bonds. The average molecular weight is 850 g/mol. The molecule has 0 aromatic rings. The van der Waals surface area contributed by atoms with Gasteiger partial charge in [0.25, 0.3) is 0 Å². The molecule has 7 nitrogen and oxygen atoms in total. The van der Waals surface area contributed by atoms with Crippen molar-refractivity contribution in [1.82, 2.24) is 4.90 Å². The molecule has 0 aliphatic rings. The van der Waals surface area contributed by atoms with Crippen molar-refractivity contribution in [3.8, 4) is 0 Å². The van der Waals surface area contributed by atoms with E-state index in [1.54, 1.807) is 0 Å². The van der Waals surface area contributed by atoms with Crippen LogP contribution in [0.1, 0.15) is 265 Å². The third-order valence-corrected chi connectivity index (χ3v) is 12.6. The third kappa shape index (κ3) is 40.4. The molecule has 0 aliphatic carbocycles. The van der Waals surface area contributed by atoms with Crippen LogP contribution in [0.3, 0.4) is 0 Å². The van der Waals surface area contributed by atoms with E-state index in [4.69, 9.17) is 14.2 Å². The Morgan fingerprint density at radius 2 is 0.700 bits per heavy atom. The van der Waals surface area contributed by atoms with Crippen LogP contribution < -0.4 is 0 Å². The predicted molar refractivity (Wildman–Crippen MR) is 255 cm³/mol. The van der Waals surface area contributed by atoms with E-state index in [0.717, 1.165) is 103 Å². The second-order valence-corrected chi connectivity index (χ2v) is 18.8. The van der Waals surface area contributed by atoms with Crippen molar-refractivity contribution in [2.45, 2.75) is 265 Å². The van der Waals surface area contributed by atoms with Gasteiger partial charge in [0.15, 0.2) is 0 Å². The maximum Gasteiger partial charge on any atom is 0.308 e. The molecule has 0 atom stereocenters. The number of nitrogens with zero attached hydrogens (tertiary/aromatic N) is 1. The zero-order chi connectivity index (χ0) is 44.2. The van der Waals surface area contributed by atoms with Gasteiger partial charge in [-0.15, -0.1) is 0 Å². The van der Waals surface area contributed by atoms with E-state index in [0.29, 0.717) is 44.5 Å².